The predicted octanol–water partition coefficient (Wildman–Crippen LogP) is 2.48. The van der Waals surface area contributed by atoms with E-state index in [1.807, 2.05) is 0 Å². The number of nitrogen functional groups attached to an aromatic ring is 1. The average molecular weight is 425 g/mol. The topological polar surface area (TPSA) is 126 Å². The number of aryl methyl sites for hydroxylation is 2. The van der Waals surface area contributed by atoms with E-state index in [4.69, 9.17) is 5.73 Å². The molecule has 0 amide bonds. The van der Waals surface area contributed by atoms with Gasteiger partial charge in [-0.3, -0.25) is 4.98 Å². The SMILES string of the molecule is Nc1nc2c3c(ccc2c2nc(CCn4cc5ncccc5c4O)nn12)OC(F)(F)O3. The third-order valence-electron chi connectivity index (χ3n) is 5.09. The van der Waals surface area contributed by atoms with Crippen LogP contribution in [-0.4, -0.2) is 40.5 Å². The number of aromatic nitrogens is 6. The molecule has 1 aromatic carbocycles. The molecule has 10 nitrogen and oxygen atoms in total. The minimum atomic E-state index is -3.77. The Morgan fingerprint density at radius 2 is 2.00 bits per heavy atom. The molecule has 0 aliphatic carbocycles. The predicted molar refractivity (Wildman–Crippen MR) is 104 cm³/mol. The van der Waals surface area contributed by atoms with Crippen LogP contribution in [0.3, 0.4) is 0 Å². The number of nitrogens with two attached hydrogens (primary N) is 1. The van der Waals surface area contributed by atoms with E-state index in [1.54, 1.807) is 35.2 Å². The number of alkyl halides is 2. The first kappa shape index (κ1) is 17.6. The summed E-state index contributed by atoms with van der Waals surface area (Å²) < 4.78 is 39.0. The van der Waals surface area contributed by atoms with Crippen LogP contribution < -0.4 is 15.2 Å². The van der Waals surface area contributed by atoms with Gasteiger partial charge in [-0.2, -0.15) is 4.52 Å². The zero-order valence-corrected chi connectivity index (χ0v) is 15.7. The molecule has 0 saturated carbocycles. The van der Waals surface area contributed by atoms with Gasteiger partial charge in [0.05, 0.1) is 10.9 Å². The summed E-state index contributed by atoms with van der Waals surface area (Å²) in [5.74, 6) is 0.184. The molecule has 1 aliphatic heterocycles. The molecule has 0 unspecified atom stereocenters. The standard InChI is InChI=1S/C19H13F2N7O3/c20-19(21)30-12-4-3-10-14(15(12)31-19)25-18(22)28-16(10)24-13(26-28)5-7-27-8-11-9(17(27)29)2-1-6-23-11/h1-4,6,8,29H,5,7H2,(H2,22,25). The largest absolute Gasteiger partial charge is 0.586 e. The molecule has 12 heteroatoms. The van der Waals surface area contributed by atoms with Crippen molar-refractivity contribution in [2.24, 2.45) is 0 Å². The van der Waals surface area contributed by atoms with E-state index in [2.05, 4.69) is 29.5 Å². The van der Waals surface area contributed by atoms with E-state index in [0.29, 0.717) is 40.7 Å². The summed E-state index contributed by atoms with van der Waals surface area (Å²) in [4.78, 5) is 12.9. The van der Waals surface area contributed by atoms with Gasteiger partial charge in [-0.1, -0.05) is 0 Å². The number of hydrogen-bond acceptors (Lipinski definition) is 8. The zero-order valence-electron chi connectivity index (χ0n) is 15.7. The van der Waals surface area contributed by atoms with E-state index in [0.717, 1.165) is 0 Å². The summed E-state index contributed by atoms with van der Waals surface area (Å²) >= 11 is 0. The van der Waals surface area contributed by atoms with E-state index in [-0.39, 0.29) is 28.8 Å². The second-order valence-corrected chi connectivity index (χ2v) is 7.02. The lowest BCUT2D eigenvalue weighted by atomic mass is 10.2. The molecule has 31 heavy (non-hydrogen) atoms. The quantitative estimate of drug-likeness (QED) is 0.452. The van der Waals surface area contributed by atoms with Crippen molar-refractivity contribution in [3.05, 3.63) is 42.5 Å². The molecular formula is C19H13F2N7O3. The molecule has 0 fully saturated rings. The lowest BCUT2D eigenvalue weighted by Gasteiger charge is -2.05. The molecule has 5 aromatic rings. The molecule has 3 N–H and O–H groups in total. The van der Waals surface area contributed by atoms with Gasteiger partial charge in [-0.25, -0.2) is 9.97 Å². The molecule has 6 rings (SSSR count). The fourth-order valence-corrected chi connectivity index (χ4v) is 3.71. The van der Waals surface area contributed by atoms with Gasteiger partial charge in [-0.15, -0.1) is 13.9 Å². The number of pyridine rings is 1. The zero-order chi connectivity index (χ0) is 21.3. The van der Waals surface area contributed by atoms with Crippen molar-refractivity contribution in [2.75, 3.05) is 5.73 Å². The van der Waals surface area contributed by atoms with Crippen LogP contribution in [0.1, 0.15) is 5.82 Å². The van der Waals surface area contributed by atoms with Gasteiger partial charge >= 0.3 is 6.29 Å². The van der Waals surface area contributed by atoms with Crippen LogP contribution in [0.25, 0.3) is 27.5 Å². The minimum absolute atomic E-state index is 0.0350. The van der Waals surface area contributed by atoms with Crippen molar-refractivity contribution in [1.29, 1.82) is 0 Å². The van der Waals surface area contributed by atoms with Crippen molar-refractivity contribution >= 4 is 33.4 Å². The summed E-state index contributed by atoms with van der Waals surface area (Å²) in [5, 5.41) is 15.8. The Labute approximate surface area is 171 Å². The van der Waals surface area contributed by atoms with E-state index >= 15 is 0 Å². The van der Waals surface area contributed by atoms with Crippen LogP contribution in [0, 0.1) is 0 Å². The highest BCUT2D eigenvalue weighted by Gasteiger charge is 2.44. The molecule has 0 spiro atoms. The van der Waals surface area contributed by atoms with E-state index < -0.39 is 6.29 Å². The van der Waals surface area contributed by atoms with Crippen LogP contribution in [0.15, 0.2) is 36.7 Å². The summed E-state index contributed by atoms with van der Waals surface area (Å²) in [6.07, 6.45) is -0.000387. The molecular weight excluding hydrogens is 412 g/mol. The maximum absolute atomic E-state index is 13.5. The normalized spacial score (nSPS) is 14.8. The maximum atomic E-state index is 13.5. The van der Waals surface area contributed by atoms with Crippen LogP contribution in [0.4, 0.5) is 14.7 Å². The summed E-state index contributed by atoms with van der Waals surface area (Å²) in [6, 6.07) is 6.44. The van der Waals surface area contributed by atoms with Crippen molar-refractivity contribution in [1.82, 2.24) is 29.1 Å². The van der Waals surface area contributed by atoms with Gasteiger partial charge in [0.15, 0.2) is 23.0 Å². The Bertz CT molecular complexity index is 1510. The molecule has 0 saturated heterocycles. The first-order chi connectivity index (χ1) is 14.9. The Morgan fingerprint density at radius 3 is 2.84 bits per heavy atom. The molecule has 0 atom stereocenters. The second kappa shape index (κ2) is 5.90. The highest BCUT2D eigenvalue weighted by atomic mass is 19.3. The number of benzene rings is 1. The van der Waals surface area contributed by atoms with Crippen molar-refractivity contribution in [3.8, 4) is 17.4 Å². The number of aromatic hydroxyl groups is 1. The Balaban J connectivity index is 1.39. The van der Waals surface area contributed by atoms with Crippen LogP contribution >= 0.6 is 0 Å². The molecule has 5 heterocycles. The Hall–Kier alpha value is -4.22. The van der Waals surface area contributed by atoms with Crippen LogP contribution in [0.2, 0.25) is 0 Å². The first-order valence-corrected chi connectivity index (χ1v) is 9.26. The molecule has 156 valence electrons. The maximum Gasteiger partial charge on any atom is 0.586 e. The second-order valence-electron chi connectivity index (χ2n) is 7.02. The summed E-state index contributed by atoms with van der Waals surface area (Å²) in [7, 11) is 0. The summed E-state index contributed by atoms with van der Waals surface area (Å²) in [5.41, 5.74) is 7.13. The van der Waals surface area contributed by atoms with E-state index in [1.165, 1.54) is 10.6 Å². The minimum Gasteiger partial charge on any atom is -0.494 e. The number of halogens is 2. The third-order valence-corrected chi connectivity index (χ3v) is 5.09. The van der Waals surface area contributed by atoms with Gasteiger partial charge in [-0.05, 0) is 24.3 Å². The van der Waals surface area contributed by atoms with Crippen molar-refractivity contribution in [3.63, 3.8) is 0 Å². The number of hydrogen-bond donors (Lipinski definition) is 2. The van der Waals surface area contributed by atoms with Crippen molar-refractivity contribution < 1.29 is 23.4 Å². The van der Waals surface area contributed by atoms with Gasteiger partial charge < -0.3 is 24.9 Å². The Kier molecular flexibility index (Phi) is 3.36. The molecule has 1 aliphatic rings. The van der Waals surface area contributed by atoms with Crippen molar-refractivity contribution in [2.45, 2.75) is 19.3 Å². The Morgan fingerprint density at radius 1 is 1.13 bits per heavy atom. The van der Waals surface area contributed by atoms with Crippen LogP contribution in [0.5, 0.6) is 17.4 Å². The first-order valence-electron chi connectivity index (χ1n) is 9.26. The highest BCUT2D eigenvalue weighted by Crippen LogP contribution is 2.45. The average Bonchev–Trinajstić information content (AvgIpc) is 3.40. The number of ether oxygens (including phenoxy) is 2. The fourth-order valence-electron chi connectivity index (χ4n) is 3.71. The highest BCUT2D eigenvalue weighted by molar-refractivity contribution is 5.97. The lowest BCUT2D eigenvalue weighted by Crippen LogP contribution is -2.26. The third kappa shape index (κ3) is 2.61. The monoisotopic (exact) mass is 425 g/mol. The fraction of sp³-hybridized carbons (Fsp3) is 0.158. The molecule has 0 radical (unpaired) electrons. The van der Waals surface area contributed by atoms with E-state index in [9.17, 15) is 13.9 Å². The molecule has 4 aromatic heterocycles. The number of rotatable bonds is 3. The number of nitrogens with zero attached hydrogens (tertiary/aromatic N) is 6. The van der Waals surface area contributed by atoms with Crippen LogP contribution in [-0.2, 0) is 13.0 Å². The lowest BCUT2D eigenvalue weighted by molar-refractivity contribution is -0.286. The van der Waals surface area contributed by atoms with Gasteiger partial charge in [0.2, 0.25) is 11.8 Å². The number of fused-ring (bicyclic) bond motifs is 6. The van der Waals surface area contributed by atoms with Gasteiger partial charge in [0.25, 0.3) is 0 Å². The number of anilines is 1. The summed E-state index contributed by atoms with van der Waals surface area (Å²) in [6.45, 7) is 0.392. The van der Waals surface area contributed by atoms with Gasteiger partial charge in [0.1, 0.15) is 5.52 Å². The van der Waals surface area contributed by atoms with Gasteiger partial charge in [0, 0.05) is 30.7 Å². The smallest absolute Gasteiger partial charge is 0.494 e. The molecule has 0 bridgehead atoms.